The number of ether oxygens (including phenoxy) is 4. The molecule has 2 aromatic rings. The first kappa shape index (κ1) is 24.6. The Morgan fingerprint density at radius 1 is 0.789 bits per heavy atom. The van der Waals surface area contributed by atoms with Crippen LogP contribution < -0.4 is 4.74 Å². The number of ketones is 2. The highest BCUT2D eigenvalue weighted by atomic mass is 79.9. The highest BCUT2D eigenvalue weighted by Crippen LogP contribution is 2.57. The van der Waals surface area contributed by atoms with Crippen LogP contribution in [0.25, 0.3) is 0 Å². The second kappa shape index (κ2) is 8.05. The Hall–Kier alpha value is -2.42. The maximum atomic E-state index is 14.5. The summed E-state index contributed by atoms with van der Waals surface area (Å²) in [6.07, 6.45) is -0.439. The molecule has 196 valence electrons. The van der Waals surface area contributed by atoms with Crippen LogP contribution in [0.4, 0.5) is 0 Å². The Balaban J connectivity index is 1.45. The second-order valence-corrected chi connectivity index (χ2v) is 13.5. The Kier molecular flexibility index (Phi) is 5.22. The quantitative estimate of drug-likeness (QED) is 0.316. The van der Waals surface area contributed by atoms with Crippen LogP contribution in [0, 0.1) is 5.92 Å². The van der Waals surface area contributed by atoms with E-state index in [1.807, 2.05) is 64.1 Å². The highest BCUT2D eigenvalue weighted by molar-refractivity contribution is 9.10. The number of carbonyl (C=O) groups excluding carboxylic acids is 2. The lowest BCUT2D eigenvalue weighted by Crippen LogP contribution is -2.56. The summed E-state index contributed by atoms with van der Waals surface area (Å²) >= 11 is 7.16. The lowest BCUT2D eigenvalue weighted by molar-refractivity contribution is -0.155. The molecule has 4 aliphatic heterocycles. The summed E-state index contributed by atoms with van der Waals surface area (Å²) < 4.78 is 27.0. The van der Waals surface area contributed by atoms with Crippen molar-refractivity contribution in [2.45, 2.75) is 63.4 Å². The zero-order valence-corrected chi connectivity index (χ0v) is 24.6. The smallest absolute Gasteiger partial charge is 0.228 e. The molecule has 6 nitrogen and oxygen atoms in total. The van der Waals surface area contributed by atoms with Crippen molar-refractivity contribution in [2.24, 2.45) is 5.92 Å². The van der Waals surface area contributed by atoms with E-state index in [9.17, 15) is 9.59 Å². The molecule has 38 heavy (non-hydrogen) atoms. The summed E-state index contributed by atoms with van der Waals surface area (Å²) in [5.41, 5.74) is 1.95. The molecule has 0 fully saturated rings. The van der Waals surface area contributed by atoms with Gasteiger partial charge in [0.1, 0.15) is 23.1 Å². The van der Waals surface area contributed by atoms with Crippen LogP contribution >= 0.6 is 31.9 Å². The van der Waals surface area contributed by atoms with E-state index in [1.54, 1.807) is 0 Å². The van der Waals surface area contributed by atoms with Crippen molar-refractivity contribution in [3.05, 3.63) is 84.7 Å². The van der Waals surface area contributed by atoms with Crippen molar-refractivity contribution >= 4 is 43.4 Å². The van der Waals surface area contributed by atoms with Crippen molar-refractivity contribution < 1.29 is 28.5 Å². The van der Waals surface area contributed by atoms with Gasteiger partial charge in [-0.3, -0.25) is 9.59 Å². The van der Waals surface area contributed by atoms with Gasteiger partial charge in [-0.25, -0.2) is 0 Å². The molecule has 0 unspecified atom stereocenters. The molecule has 5 aliphatic rings. The zero-order chi connectivity index (χ0) is 26.7. The van der Waals surface area contributed by atoms with Gasteiger partial charge in [0.15, 0.2) is 11.5 Å². The molecule has 8 heteroatoms. The van der Waals surface area contributed by atoms with E-state index < -0.39 is 23.2 Å². The van der Waals surface area contributed by atoms with Crippen LogP contribution in [0.1, 0.15) is 56.2 Å². The molecule has 0 aromatic heterocycles. The minimum atomic E-state index is -0.831. The fraction of sp³-hybridized carbons (Fsp3) is 0.400. The fourth-order valence-electron chi connectivity index (χ4n) is 6.80. The summed E-state index contributed by atoms with van der Waals surface area (Å²) in [5, 5.41) is 0. The van der Waals surface area contributed by atoms with Gasteiger partial charge in [0, 0.05) is 32.3 Å². The van der Waals surface area contributed by atoms with E-state index in [1.165, 1.54) is 0 Å². The molecular weight excluding hydrogens is 616 g/mol. The van der Waals surface area contributed by atoms with Crippen molar-refractivity contribution in [1.29, 1.82) is 0 Å². The number of hydrogen-bond acceptors (Lipinski definition) is 6. The van der Waals surface area contributed by atoms with E-state index in [0.717, 1.165) is 25.6 Å². The van der Waals surface area contributed by atoms with E-state index in [4.69, 9.17) is 18.9 Å². The number of halogens is 2. The lowest BCUT2D eigenvalue weighted by Gasteiger charge is -2.52. The third-order valence-electron chi connectivity index (χ3n) is 8.61. The topological polar surface area (TPSA) is 71.1 Å². The van der Waals surface area contributed by atoms with Gasteiger partial charge in [-0.15, -0.1) is 0 Å². The fourth-order valence-corrected chi connectivity index (χ4v) is 7.56. The third kappa shape index (κ3) is 3.32. The lowest BCUT2D eigenvalue weighted by atomic mass is 9.64. The highest BCUT2D eigenvalue weighted by Gasteiger charge is 2.60. The number of carbonyl (C=O) groups is 2. The Morgan fingerprint density at radius 2 is 1.39 bits per heavy atom. The molecule has 0 N–H and O–H groups in total. The SMILES string of the molecule is CC1(C)OC2=C(C(=O)C3=C(C2=O)[C@H]2c4cc(Br)ccc4CO[C@H]2C(C)(C)O3)[C@H]2c3cc(Br)ccc3OC[C@H]21. The predicted octanol–water partition coefficient (Wildman–Crippen LogP) is 6.26. The summed E-state index contributed by atoms with van der Waals surface area (Å²) in [4.78, 5) is 28.9. The monoisotopic (exact) mass is 640 g/mol. The molecule has 0 saturated heterocycles. The maximum absolute atomic E-state index is 14.5. The van der Waals surface area contributed by atoms with Gasteiger partial charge in [-0.1, -0.05) is 37.9 Å². The average molecular weight is 642 g/mol. The first-order valence-corrected chi connectivity index (χ1v) is 14.3. The molecule has 0 radical (unpaired) electrons. The molecule has 0 saturated carbocycles. The number of benzene rings is 2. The molecule has 7 rings (SSSR count). The summed E-state index contributed by atoms with van der Waals surface area (Å²) in [5.74, 6) is -0.634. The van der Waals surface area contributed by atoms with Crippen LogP contribution in [-0.4, -0.2) is 35.5 Å². The molecular formula is C30H26Br2O6. The van der Waals surface area contributed by atoms with Crippen LogP contribution in [-0.2, 0) is 30.4 Å². The van der Waals surface area contributed by atoms with Gasteiger partial charge in [0.05, 0.1) is 24.4 Å². The van der Waals surface area contributed by atoms with Gasteiger partial charge < -0.3 is 18.9 Å². The largest absolute Gasteiger partial charge is 0.493 e. The molecule has 4 atom stereocenters. The summed E-state index contributed by atoms with van der Waals surface area (Å²) in [7, 11) is 0. The second-order valence-electron chi connectivity index (χ2n) is 11.7. The van der Waals surface area contributed by atoms with Crippen molar-refractivity contribution in [1.82, 2.24) is 0 Å². The first-order chi connectivity index (χ1) is 18.0. The van der Waals surface area contributed by atoms with E-state index in [2.05, 4.69) is 31.9 Å². The number of hydrogen-bond donors (Lipinski definition) is 0. The Bertz CT molecular complexity index is 1400. The van der Waals surface area contributed by atoms with Crippen LogP contribution in [0.5, 0.6) is 5.75 Å². The Morgan fingerprint density at radius 3 is 2.11 bits per heavy atom. The van der Waals surface area contributed by atoms with Gasteiger partial charge >= 0.3 is 0 Å². The number of Topliss-reactive ketones (excluding diaryl/α,β-unsaturated/α-hetero) is 2. The maximum Gasteiger partial charge on any atom is 0.228 e. The molecule has 0 amide bonds. The number of rotatable bonds is 0. The zero-order valence-electron chi connectivity index (χ0n) is 21.4. The van der Waals surface area contributed by atoms with Crippen LogP contribution in [0.3, 0.4) is 0 Å². The predicted molar refractivity (Wildman–Crippen MR) is 146 cm³/mol. The molecule has 0 spiro atoms. The van der Waals surface area contributed by atoms with Gasteiger partial charge in [-0.05, 0) is 69.2 Å². The Labute approximate surface area is 237 Å². The average Bonchev–Trinajstić information content (AvgIpc) is 2.86. The minimum absolute atomic E-state index is 0.113. The van der Waals surface area contributed by atoms with Crippen molar-refractivity contribution in [2.75, 3.05) is 6.61 Å². The van der Waals surface area contributed by atoms with Crippen molar-refractivity contribution in [3.8, 4) is 5.75 Å². The molecule has 1 aliphatic carbocycles. The van der Waals surface area contributed by atoms with Crippen LogP contribution in [0.2, 0.25) is 0 Å². The van der Waals surface area contributed by atoms with Gasteiger partial charge in [-0.2, -0.15) is 0 Å². The summed E-state index contributed by atoms with van der Waals surface area (Å²) in [6.45, 7) is 8.55. The summed E-state index contributed by atoms with van der Waals surface area (Å²) in [6, 6.07) is 11.8. The van der Waals surface area contributed by atoms with Gasteiger partial charge in [0.25, 0.3) is 0 Å². The molecule has 4 heterocycles. The molecule has 2 aromatic carbocycles. The molecule has 0 bridgehead atoms. The van der Waals surface area contributed by atoms with Crippen LogP contribution in [0.15, 0.2) is 68.0 Å². The van der Waals surface area contributed by atoms with E-state index in [0.29, 0.717) is 30.1 Å². The third-order valence-corrected chi connectivity index (χ3v) is 9.60. The first-order valence-electron chi connectivity index (χ1n) is 12.8. The van der Waals surface area contributed by atoms with Gasteiger partial charge in [0.2, 0.25) is 11.6 Å². The number of allylic oxidation sites excluding steroid dienone is 2. The van der Waals surface area contributed by atoms with Crippen molar-refractivity contribution in [3.63, 3.8) is 0 Å². The number of fused-ring (bicyclic) bond motifs is 8. The standard InChI is InChI=1S/C30H26Br2O6/c1-29(2)18-12-35-19-8-7-15(32)10-17(19)20(18)22-24(33)27-23(25(34)26(22)37-29)21-16-9-14(31)6-5-13(16)11-36-28(21)30(3,4)38-27/h5-10,18,20-21,28H,11-12H2,1-4H3/t18-,20+,21-,28-/m1/s1. The normalized spacial score (nSPS) is 29.9. The van der Waals surface area contributed by atoms with E-state index in [-0.39, 0.29) is 34.9 Å². The minimum Gasteiger partial charge on any atom is -0.493 e. The van der Waals surface area contributed by atoms with E-state index >= 15 is 0 Å².